The molecule has 0 fully saturated rings. The predicted molar refractivity (Wildman–Crippen MR) is 69.3 cm³/mol. The fraction of sp³-hybridized carbons (Fsp3) is 0.917. The molecule has 0 aromatic heterocycles. The molecule has 4 heteroatoms. The first-order valence-electron chi connectivity index (χ1n) is 5.84. The number of hydrogen-bond donors (Lipinski definition) is 0. The Kier molecular flexibility index (Phi) is 9.38. The lowest BCUT2D eigenvalue weighted by molar-refractivity contribution is -0.119. The van der Waals surface area contributed by atoms with Crippen molar-refractivity contribution >= 4 is 28.4 Å². The van der Waals surface area contributed by atoms with Gasteiger partial charge >= 0.3 is 0 Å². The van der Waals surface area contributed by atoms with Crippen LogP contribution in [0.5, 0.6) is 0 Å². The highest BCUT2D eigenvalue weighted by Crippen LogP contribution is 2.25. The first-order valence-corrected chi connectivity index (χ1v) is 6.75. The second-order valence-electron chi connectivity index (χ2n) is 4.62. The van der Waals surface area contributed by atoms with E-state index in [1.807, 2.05) is 13.8 Å². The van der Waals surface area contributed by atoms with Crippen molar-refractivity contribution in [2.45, 2.75) is 46.0 Å². The maximum Gasteiger partial charge on any atom is 0.227 e. The Hall–Kier alpha value is 0.210. The smallest absolute Gasteiger partial charge is 0.227 e. The fourth-order valence-corrected chi connectivity index (χ4v) is 1.55. The zero-order valence-electron chi connectivity index (χ0n) is 10.2. The summed E-state index contributed by atoms with van der Waals surface area (Å²) in [6.45, 7) is 5.30. The van der Waals surface area contributed by atoms with E-state index in [9.17, 15) is 4.79 Å². The molecule has 0 spiro atoms. The Morgan fingerprint density at radius 3 is 2.19 bits per heavy atom. The van der Waals surface area contributed by atoms with Crippen LogP contribution in [0.2, 0.25) is 0 Å². The minimum Gasteiger partial charge on any atom is -0.381 e. The number of alkyl halides is 1. The molecule has 0 atom stereocenters. The molecule has 0 radical (unpaired) electrons. The molecule has 0 rings (SSSR count). The third-order valence-corrected chi connectivity index (χ3v) is 3.32. The van der Waals surface area contributed by atoms with Crippen LogP contribution in [0.3, 0.4) is 0 Å². The molecule has 0 aliphatic heterocycles. The molecule has 2 nitrogen and oxygen atoms in total. The summed E-state index contributed by atoms with van der Waals surface area (Å²) >= 11 is 11.0. The van der Waals surface area contributed by atoms with Crippen LogP contribution in [0, 0.1) is 5.41 Å². The van der Waals surface area contributed by atoms with Gasteiger partial charge in [-0.1, -0.05) is 20.3 Å². The third kappa shape index (κ3) is 8.37. The highest BCUT2D eigenvalue weighted by molar-refractivity contribution is 6.64. The van der Waals surface area contributed by atoms with Gasteiger partial charge in [0.15, 0.2) is 0 Å². The normalized spacial score (nSPS) is 11.8. The fourth-order valence-electron chi connectivity index (χ4n) is 1.27. The number of carbonyl (C=O) groups is 1. The lowest BCUT2D eigenvalue weighted by Crippen LogP contribution is -2.19. The van der Waals surface area contributed by atoms with E-state index in [0.29, 0.717) is 5.88 Å². The van der Waals surface area contributed by atoms with Crippen LogP contribution >= 0.6 is 23.2 Å². The number of ether oxygens (including phenoxy) is 1. The molecule has 0 aromatic carbocycles. The van der Waals surface area contributed by atoms with Crippen molar-refractivity contribution in [3.05, 3.63) is 0 Å². The van der Waals surface area contributed by atoms with Crippen LogP contribution in [-0.2, 0) is 9.53 Å². The summed E-state index contributed by atoms with van der Waals surface area (Å²) < 4.78 is 5.43. The number of carbonyl (C=O) groups excluding carboxylic acids is 1. The number of halogens is 2. The third-order valence-electron chi connectivity index (χ3n) is 2.54. The van der Waals surface area contributed by atoms with E-state index in [1.54, 1.807) is 0 Å². The lowest BCUT2D eigenvalue weighted by atomic mass is 9.89. The van der Waals surface area contributed by atoms with E-state index in [1.165, 1.54) is 0 Å². The highest BCUT2D eigenvalue weighted by Gasteiger charge is 2.24. The predicted octanol–water partition coefficient (Wildman–Crippen LogP) is 3.98. The monoisotopic (exact) mass is 268 g/mol. The second kappa shape index (κ2) is 9.26. The van der Waals surface area contributed by atoms with Gasteiger partial charge in [-0.2, -0.15) is 0 Å². The molecule has 96 valence electrons. The molecule has 0 unspecified atom stereocenters. The van der Waals surface area contributed by atoms with Gasteiger partial charge in [-0.3, -0.25) is 4.79 Å². The highest BCUT2D eigenvalue weighted by atomic mass is 35.5. The molecular weight excluding hydrogens is 247 g/mol. The molecule has 0 heterocycles. The quantitative estimate of drug-likeness (QED) is 0.340. The minimum atomic E-state index is -0.403. The van der Waals surface area contributed by atoms with Crippen molar-refractivity contribution in [2.75, 3.05) is 19.1 Å². The molecule has 0 saturated heterocycles. The van der Waals surface area contributed by atoms with Gasteiger partial charge < -0.3 is 4.74 Å². The van der Waals surface area contributed by atoms with Gasteiger partial charge in [0, 0.05) is 24.5 Å². The van der Waals surface area contributed by atoms with E-state index in [2.05, 4.69) is 0 Å². The van der Waals surface area contributed by atoms with Crippen LogP contribution in [-0.4, -0.2) is 24.3 Å². The molecule has 0 bridgehead atoms. The Morgan fingerprint density at radius 2 is 1.69 bits per heavy atom. The summed E-state index contributed by atoms with van der Waals surface area (Å²) in [6.07, 6.45) is 4.81. The summed E-state index contributed by atoms with van der Waals surface area (Å²) in [5, 5.41) is -0.254. The van der Waals surface area contributed by atoms with Crippen LogP contribution < -0.4 is 0 Å². The SMILES string of the molecule is CC(C)(CCCCOCCCCCl)C(=O)Cl. The van der Waals surface area contributed by atoms with E-state index >= 15 is 0 Å². The van der Waals surface area contributed by atoms with Crippen molar-refractivity contribution in [2.24, 2.45) is 5.41 Å². The van der Waals surface area contributed by atoms with E-state index in [-0.39, 0.29) is 5.24 Å². The number of hydrogen-bond acceptors (Lipinski definition) is 2. The van der Waals surface area contributed by atoms with Gasteiger partial charge in [-0.05, 0) is 37.3 Å². The Balaban J connectivity index is 3.30. The van der Waals surface area contributed by atoms with Gasteiger partial charge in [0.25, 0.3) is 0 Å². The summed E-state index contributed by atoms with van der Waals surface area (Å²) in [7, 11) is 0. The average molecular weight is 269 g/mol. The standard InChI is InChI=1S/C12H22Cl2O2/c1-12(2,11(14)15)7-3-5-9-16-10-6-4-8-13/h3-10H2,1-2H3. The van der Waals surface area contributed by atoms with Crippen molar-refractivity contribution in [3.63, 3.8) is 0 Å². The largest absolute Gasteiger partial charge is 0.381 e. The van der Waals surface area contributed by atoms with Gasteiger partial charge in [-0.15, -0.1) is 11.6 Å². The molecule has 0 aliphatic carbocycles. The first kappa shape index (κ1) is 16.2. The van der Waals surface area contributed by atoms with E-state index < -0.39 is 5.41 Å². The number of unbranched alkanes of at least 4 members (excludes halogenated alkanes) is 2. The van der Waals surface area contributed by atoms with E-state index in [0.717, 1.165) is 45.3 Å². The summed E-state index contributed by atoms with van der Waals surface area (Å²) in [5.74, 6) is 0.704. The number of rotatable bonds is 10. The van der Waals surface area contributed by atoms with Crippen molar-refractivity contribution in [3.8, 4) is 0 Å². The lowest BCUT2D eigenvalue weighted by Gasteiger charge is -2.18. The van der Waals surface area contributed by atoms with Crippen LogP contribution in [0.1, 0.15) is 46.0 Å². The maximum absolute atomic E-state index is 11.0. The van der Waals surface area contributed by atoms with Crippen molar-refractivity contribution < 1.29 is 9.53 Å². The molecule has 16 heavy (non-hydrogen) atoms. The van der Waals surface area contributed by atoms with Crippen LogP contribution in [0.4, 0.5) is 0 Å². The van der Waals surface area contributed by atoms with Crippen molar-refractivity contribution in [1.29, 1.82) is 0 Å². The van der Waals surface area contributed by atoms with Gasteiger partial charge in [0.2, 0.25) is 5.24 Å². The Morgan fingerprint density at radius 1 is 1.12 bits per heavy atom. The average Bonchev–Trinajstić information content (AvgIpc) is 2.21. The Bertz CT molecular complexity index is 193. The van der Waals surface area contributed by atoms with Crippen molar-refractivity contribution in [1.82, 2.24) is 0 Å². The zero-order valence-corrected chi connectivity index (χ0v) is 11.7. The van der Waals surface area contributed by atoms with Crippen LogP contribution in [0.25, 0.3) is 0 Å². The summed E-state index contributed by atoms with van der Waals surface area (Å²) in [5.41, 5.74) is -0.403. The Labute approximate surface area is 109 Å². The zero-order chi connectivity index (χ0) is 12.4. The molecule has 0 saturated carbocycles. The van der Waals surface area contributed by atoms with Gasteiger partial charge in [0.1, 0.15) is 0 Å². The minimum absolute atomic E-state index is 0.254. The second-order valence-corrected chi connectivity index (χ2v) is 5.34. The first-order chi connectivity index (χ1) is 7.50. The van der Waals surface area contributed by atoms with Gasteiger partial charge in [-0.25, -0.2) is 0 Å². The summed E-state index contributed by atoms with van der Waals surface area (Å²) in [4.78, 5) is 11.0. The summed E-state index contributed by atoms with van der Waals surface area (Å²) in [6, 6.07) is 0. The molecule has 0 N–H and O–H groups in total. The van der Waals surface area contributed by atoms with Gasteiger partial charge in [0.05, 0.1) is 0 Å². The van der Waals surface area contributed by atoms with Crippen LogP contribution in [0.15, 0.2) is 0 Å². The molecule has 0 amide bonds. The topological polar surface area (TPSA) is 26.3 Å². The van der Waals surface area contributed by atoms with E-state index in [4.69, 9.17) is 27.9 Å². The molecular formula is C12H22Cl2O2. The molecule has 0 aliphatic rings. The molecule has 0 aromatic rings. The maximum atomic E-state index is 11.0.